The summed E-state index contributed by atoms with van der Waals surface area (Å²) in [7, 11) is 0. The van der Waals surface area contributed by atoms with Gasteiger partial charge < -0.3 is 0 Å². The first-order valence-corrected chi connectivity index (χ1v) is 9.23. The zero-order valence-electron chi connectivity index (χ0n) is 13.5. The van der Waals surface area contributed by atoms with Crippen LogP contribution in [0.1, 0.15) is 67.2 Å². The van der Waals surface area contributed by atoms with Crippen molar-refractivity contribution in [1.29, 1.82) is 0 Å². The fourth-order valence-corrected chi connectivity index (χ4v) is 4.72. The van der Waals surface area contributed by atoms with Gasteiger partial charge in [0, 0.05) is 0 Å². The first kappa shape index (κ1) is 18.6. The average Bonchev–Trinajstić information content (AvgIpc) is 2.44. The van der Waals surface area contributed by atoms with Crippen LogP contribution in [0.2, 0.25) is 0 Å². The van der Waals surface area contributed by atoms with E-state index >= 15 is 0 Å². The molecule has 0 aromatic carbocycles. The summed E-state index contributed by atoms with van der Waals surface area (Å²) in [6, 6.07) is 0. The molecule has 0 atom stereocenters. The van der Waals surface area contributed by atoms with Gasteiger partial charge in [-0.3, -0.25) is 0 Å². The van der Waals surface area contributed by atoms with E-state index in [-0.39, 0.29) is 17.1 Å². The van der Waals surface area contributed by atoms with Crippen molar-refractivity contribution >= 4 is 0 Å². The molecule has 0 bridgehead atoms. The molecule has 0 unspecified atom stereocenters. The van der Waals surface area contributed by atoms with Crippen LogP contribution in [0, 0.1) is 0 Å². The van der Waals surface area contributed by atoms with Crippen molar-refractivity contribution in [1.82, 2.24) is 0 Å². The Hall–Kier alpha value is -0.417. The van der Waals surface area contributed by atoms with Gasteiger partial charge in [0.1, 0.15) is 0 Å². The molecule has 110 valence electrons. The maximum absolute atomic E-state index is 2.31. The van der Waals surface area contributed by atoms with E-state index < -0.39 is 0 Å². The predicted octanol–water partition coefficient (Wildman–Crippen LogP) is 6.37. The van der Waals surface area contributed by atoms with Crippen molar-refractivity contribution in [3.05, 3.63) is 43.8 Å². The van der Waals surface area contributed by atoms with Gasteiger partial charge in [-0.25, -0.2) is 0 Å². The van der Waals surface area contributed by atoms with Gasteiger partial charge in [-0.05, 0) is 0 Å². The van der Waals surface area contributed by atoms with Crippen molar-refractivity contribution in [2.75, 3.05) is 0 Å². The molecule has 0 aliphatic carbocycles. The summed E-state index contributed by atoms with van der Waals surface area (Å²) in [5, 5.41) is 0. The van der Waals surface area contributed by atoms with E-state index in [4.69, 9.17) is 0 Å². The van der Waals surface area contributed by atoms with Crippen LogP contribution < -0.4 is 0 Å². The third kappa shape index (κ3) is 6.52. The minimum atomic E-state index is 0.234. The summed E-state index contributed by atoms with van der Waals surface area (Å²) < 4.78 is 3.39. The van der Waals surface area contributed by atoms with Crippen molar-refractivity contribution in [3.63, 3.8) is 0 Å². The van der Waals surface area contributed by atoms with Crippen LogP contribution in [0.3, 0.4) is 0 Å². The summed E-state index contributed by atoms with van der Waals surface area (Å²) in [6.07, 6.45) is 13.7. The molecule has 0 amide bonds. The number of hydrogen-bond donors (Lipinski definition) is 0. The monoisotopic (exact) mass is 348 g/mol. The molecule has 0 radical (unpaired) electrons. The van der Waals surface area contributed by atoms with Gasteiger partial charge >= 0.3 is 128 Å². The van der Waals surface area contributed by atoms with E-state index in [1.807, 2.05) is 0 Å². The van der Waals surface area contributed by atoms with Crippen LogP contribution in [-0.4, -0.2) is 0 Å². The topological polar surface area (TPSA) is 0 Å². The maximum atomic E-state index is 2.31. The molecular weight excluding hydrogens is 317 g/mol. The van der Waals surface area contributed by atoms with Crippen LogP contribution in [0.15, 0.2) is 43.8 Å². The molecule has 0 aromatic heterocycles. The van der Waals surface area contributed by atoms with E-state index in [0.717, 1.165) is 12.8 Å². The van der Waals surface area contributed by atoms with Crippen LogP contribution in [0.4, 0.5) is 0 Å². The van der Waals surface area contributed by atoms with E-state index in [2.05, 4.69) is 65.8 Å². The molecule has 0 aromatic rings. The van der Waals surface area contributed by atoms with Crippen LogP contribution >= 0.6 is 0 Å². The molecule has 0 spiro atoms. The Kier molecular flexibility index (Phi) is 11.2. The van der Waals surface area contributed by atoms with Crippen molar-refractivity contribution in [3.8, 4) is 0 Å². The summed E-state index contributed by atoms with van der Waals surface area (Å²) in [5.41, 5.74) is 3.12. The number of allylic oxidation sites excluding steroid dienone is 8. The average molecular weight is 348 g/mol. The Balaban J connectivity index is 5.44. The molecule has 1 heteroatoms. The molecule has 0 saturated heterocycles. The molecule has 0 aliphatic heterocycles. The summed E-state index contributed by atoms with van der Waals surface area (Å²) in [6.45, 7) is 13.4. The van der Waals surface area contributed by atoms with Crippen molar-refractivity contribution < 1.29 is 17.1 Å². The second-order valence-corrected chi connectivity index (χ2v) is 6.87. The molecule has 0 rings (SSSR count). The molecule has 0 aliphatic rings. The zero-order valence-corrected chi connectivity index (χ0v) is 15.2. The molecular formula is C18H30Ru. The number of hydrogen-bond acceptors (Lipinski definition) is 0. The SMILES string of the molecule is C/C=C/C(CC)=[C](\CC)[Ru]/[C](CC)=C(/C=C/C)CC. The molecule has 0 heterocycles. The van der Waals surface area contributed by atoms with E-state index in [9.17, 15) is 0 Å². The van der Waals surface area contributed by atoms with Gasteiger partial charge in [0.05, 0.1) is 0 Å². The predicted molar refractivity (Wildman–Crippen MR) is 84.8 cm³/mol. The third-order valence-corrected chi connectivity index (χ3v) is 6.39. The first-order valence-electron chi connectivity index (χ1n) is 7.49. The minimum absolute atomic E-state index is 0.234. The Bertz CT molecular complexity index is 331. The third-order valence-electron chi connectivity index (χ3n) is 3.00. The quantitative estimate of drug-likeness (QED) is 0.353. The number of rotatable bonds is 8. The molecule has 0 nitrogen and oxygen atoms in total. The van der Waals surface area contributed by atoms with Crippen LogP contribution in [0.5, 0.6) is 0 Å². The van der Waals surface area contributed by atoms with Gasteiger partial charge in [-0.1, -0.05) is 0 Å². The molecule has 0 N–H and O–H groups in total. The Morgan fingerprint density at radius 2 is 1.05 bits per heavy atom. The van der Waals surface area contributed by atoms with E-state index in [1.54, 1.807) is 19.5 Å². The van der Waals surface area contributed by atoms with Crippen molar-refractivity contribution in [2.45, 2.75) is 67.2 Å². The molecule has 19 heavy (non-hydrogen) atoms. The van der Waals surface area contributed by atoms with E-state index in [1.165, 1.54) is 12.8 Å². The normalized spacial score (nSPS) is 15.3. The molecule has 0 saturated carbocycles. The summed E-state index contributed by atoms with van der Waals surface area (Å²) in [4.78, 5) is 0. The van der Waals surface area contributed by atoms with Gasteiger partial charge in [0.15, 0.2) is 0 Å². The van der Waals surface area contributed by atoms with Gasteiger partial charge in [-0.15, -0.1) is 0 Å². The summed E-state index contributed by atoms with van der Waals surface area (Å²) >= 11 is 0.234. The summed E-state index contributed by atoms with van der Waals surface area (Å²) in [5.74, 6) is 0. The van der Waals surface area contributed by atoms with Gasteiger partial charge in [0.2, 0.25) is 0 Å². The van der Waals surface area contributed by atoms with E-state index in [0.29, 0.717) is 0 Å². The van der Waals surface area contributed by atoms with Crippen LogP contribution in [-0.2, 0) is 17.1 Å². The second-order valence-electron chi connectivity index (χ2n) is 4.33. The fourth-order valence-electron chi connectivity index (χ4n) is 2.01. The zero-order chi connectivity index (χ0) is 14.7. The standard InChI is InChI=1S/2C9H15.Ru/c2*1-4-7-9(6-3)8-5-2;/h2*4,7H,5-6H2,1-3H3;/b2*7-4+,9-8?;. The molecule has 0 fully saturated rings. The second kappa shape index (κ2) is 11.4. The Labute approximate surface area is 128 Å². The first-order chi connectivity index (χ1) is 9.18. The van der Waals surface area contributed by atoms with Gasteiger partial charge in [-0.2, -0.15) is 0 Å². The Morgan fingerprint density at radius 3 is 1.26 bits per heavy atom. The van der Waals surface area contributed by atoms with Crippen molar-refractivity contribution in [2.24, 2.45) is 0 Å². The fraction of sp³-hybridized carbons (Fsp3) is 0.556. The van der Waals surface area contributed by atoms with Gasteiger partial charge in [0.25, 0.3) is 0 Å². The van der Waals surface area contributed by atoms with Crippen LogP contribution in [0.25, 0.3) is 0 Å². The Morgan fingerprint density at radius 1 is 0.684 bits per heavy atom.